The zero-order valence-corrected chi connectivity index (χ0v) is 13.1. The molecular formula is C19H25NO2. The third kappa shape index (κ3) is 1.78. The number of fused-ring (bicyclic) bond motifs is 1. The summed E-state index contributed by atoms with van der Waals surface area (Å²) in [6.45, 7) is 3.73. The van der Waals surface area contributed by atoms with Crippen LogP contribution in [0.15, 0.2) is 18.2 Å². The van der Waals surface area contributed by atoms with Gasteiger partial charge in [0.05, 0.1) is 0 Å². The fraction of sp³-hybridized carbons (Fsp3) is 0.684. The van der Waals surface area contributed by atoms with Gasteiger partial charge in [-0.25, -0.2) is 0 Å². The molecule has 1 aromatic carbocycles. The fourth-order valence-electron chi connectivity index (χ4n) is 5.37. The molecular weight excluding hydrogens is 274 g/mol. The van der Waals surface area contributed by atoms with Crippen LogP contribution in [-0.4, -0.2) is 35.7 Å². The quantitative estimate of drug-likeness (QED) is 0.909. The number of hydrogen-bond acceptors (Lipinski definition) is 3. The summed E-state index contributed by atoms with van der Waals surface area (Å²) in [7, 11) is 0. The molecule has 3 fully saturated rings. The highest BCUT2D eigenvalue weighted by atomic mass is 16.5. The largest absolute Gasteiger partial charge is 0.504 e. The van der Waals surface area contributed by atoms with Crippen LogP contribution in [0.4, 0.5) is 0 Å². The topological polar surface area (TPSA) is 32.7 Å². The first kappa shape index (κ1) is 13.2. The lowest BCUT2D eigenvalue weighted by Crippen LogP contribution is -2.56. The number of para-hydroxylation sites is 1. The maximum atomic E-state index is 10.2. The molecule has 2 saturated carbocycles. The number of aromatic hydroxyl groups is 1. The van der Waals surface area contributed by atoms with E-state index in [0.29, 0.717) is 11.7 Å². The molecule has 0 amide bonds. The van der Waals surface area contributed by atoms with Gasteiger partial charge < -0.3 is 14.7 Å². The summed E-state index contributed by atoms with van der Waals surface area (Å²) in [6.07, 6.45) is 8.10. The number of hydrogen-bond donors (Lipinski definition) is 1. The number of phenolic OH excluding ortho intramolecular Hbond substituents is 1. The van der Waals surface area contributed by atoms with Crippen molar-refractivity contribution >= 4 is 0 Å². The van der Waals surface area contributed by atoms with Crippen molar-refractivity contribution in [2.45, 2.75) is 50.0 Å². The smallest absolute Gasteiger partial charge is 0.165 e. The number of ether oxygens (including phenoxy) is 1. The molecule has 0 aromatic heterocycles. The Balaban J connectivity index is 1.51. The van der Waals surface area contributed by atoms with Crippen molar-refractivity contribution in [1.29, 1.82) is 0 Å². The predicted octanol–water partition coefficient (Wildman–Crippen LogP) is 3.31. The minimum Gasteiger partial charge on any atom is -0.504 e. The van der Waals surface area contributed by atoms with Crippen molar-refractivity contribution in [3.63, 3.8) is 0 Å². The zero-order valence-electron chi connectivity index (χ0n) is 13.1. The SMILES string of the molecule is Oc1cccc2c1OC1CCCC3CN(CC4CC4)CCC231. The number of rotatable bonds is 2. The van der Waals surface area contributed by atoms with E-state index in [0.717, 1.165) is 18.1 Å². The van der Waals surface area contributed by atoms with E-state index in [1.807, 2.05) is 6.07 Å². The summed E-state index contributed by atoms with van der Waals surface area (Å²) in [5.41, 5.74) is 1.47. The van der Waals surface area contributed by atoms with Crippen LogP contribution < -0.4 is 4.74 Å². The molecule has 22 heavy (non-hydrogen) atoms. The van der Waals surface area contributed by atoms with Crippen molar-refractivity contribution in [3.05, 3.63) is 23.8 Å². The van der Waals surface area contributed by atoms with Gasteiger partial charge in [-0.05, 0) is 63.0 Å². The summed E-state index contributed by atoms with van der Waals surface area (Å²) >= 11 is 0. The molecule has 1 aromatic rings. The number of piperidine rings is 1. The van der Waals surface area contributed by atoms with Crippen LogP contribution in [0, 0.1) is 11.8 Å². The van der Waals surface area contributed by atoms with Gasteiger partial charge in [-0.1, -0.05) is 12.1 Å². The molecule has 118 valence electrons. The van der Waals surface area contributed by atoms with Crippen molar-refractivity contribution in [2.24, 2.45) is 11.8 Å². The van der Waals surface area contributed by atoms with E-state index in [9.17, 15) is 5.11 Å². The minimum absolute atomic E-state index is 0.173. The summed E-state index contributed by atoms with van der Waals surface area (Å²) in [5.74, 6) is 2.79. The van der Waals surface area contributed by atoms with Gasteiger partial charge in [-0.3, -0.25) is 0 Å². The Labute approximate surface area is 132 Å². The Kier molecular flexibility index (Phi) is 2.79. The molecule has 1 spiro atoms. The molecule has 3 unspecified atom stereocenters. The molecule has 4 aliphatic rings. The van der Waals surface area contributed by atoms with E-state index in [4.69, 9.17) is 4.74 Å². The second-order valence-corrected chi connectivity index (χ2v) is 7.88. The highest BCUT2D eigenvalue weighted by molar-refractivity contribution is 5.54. The van der Waals surface area contributed by atoms with Gasteiger partial charge in [0.15, 0.2) is 11.5 Å². The zero-order chi connectivity index (χ0) is 14.7. The van der Waals surface area contributed by atoms with Gasteiger partial charge >= 0.3 is 0 Å². The second kappa shape index (κ2) is 4.64. The lowest BCUT2D eigenvalue weighted by Gasteiger charge is -2.51. The van der Waals surface area contributed by atoms with Gasteiger partial charge in [0.25, 0.3) is 0 Å². The highest BCUT2D eigenvalue weighted by Crippen LogP contribution is 2.58. The number of likely N-dealkylation sites (tertiary alicyclic amines) is 1. The van der Waals surface area contributed by atoms with Crippen molar-refractivity contribution in [1.82, 2.24) is 4.90 Å². The Morgan fingerprint density at radius 1 is 1.23 bits per heavy atom. The molecule has 0 radical (unpaired) electrons. The average molecular weight is 299 g/mol. The Bertz CT molecular complexity index is 597. The first-order valence-corrected chi connectivity index (χ1v) is 8.99. The molecule has 3 atom stereocenters. The highest BCUT2D eigenvalue weighted by Gasteiger charge is 2.57. The summed E-state index contributed by atoms with van der Waals surface area (Å²) < 4.78 is 6.26. The molecule has 2 heterocycles. The van der Waals surface area contributed by atoms with Crippen LogP contribution >= 0.6 is 0 Å². The van der Waals surface area contributed by atoms with E-state index in [-0.39, 0.29) is 11.5 Å². The van der Waals surface area contributed by atoms with Crippen LogP contribution in [0.3, 0.4) is 0 Å². The molecule has 0 bridgehead atoms. The Morgan fingerprint density at radius 3 is 3.00 bits per heavy atom. The molecule has 1 N–H and O–H groups in total. The second-order valence-electron chi connectivity index (χ2n) is 7.88. The molecule has 5 rings (SSSR count). The van der Waals surface area contributed by atoms with Crippen LogP contribution in [0.1, 0.15) is 44.1 Å². The first-order chi connectivity index (χ1) is 10.8. The number of phenols is 1. The predicted molar refractivity (Wildman–Crippen MR) is 85.3 cm³/mol. The van der Waals surface area contributed by atoms with Gasteiger partial charge in [0.1, 0.15) is 6.10 Å². The fourth-order valence-corrected chi connectivity index (χ4v) is 5.37. The summed E-state index contributed by atoms with van der Waals surface area (Å²) in [5, 5.41) is 10.2. The maximum absolute atomic E-state index is 10.2. The van der Waals surface area contributed by atoms with Crippen LogP contribution in [0.2, 0.25) is 0 Å². The van der Waals surface area contributed by atoms with Crippen LogP contribution in [-0.2, 0) is 5.41 Å². The number of benzene rings is 1. The lowest BCUT2D eigenvalue weighted by molar-refractivity contribution is -0.00838. The van der Waals surface area contributed by atoms with E-state index >= 15 is 0 Å². The summed E-state index contributed by atoms with van der Waals surface area (Å²) in [6, 6.07) is 5.98. The molecule has 3 nitrogen and oxygen atoms in total. The van der Waals surface area contributed by atoms with Gasteiger partial charge in [-0.2, -0.15) is 0 Å². The van der Waals surface area contributed by atoms with Crippen molar-refractivity contribution in [2.75, 3.05) is 19.6 Å². The molecule has 3 heteroatoms. The monoisotopic (exact) mass is 299 g/mol. The van der Waals surface area contributed by atoms with E-state index < -0.39 is 0 Å². The van der Waals surface area contributed by atoms with Crippen molar-refractivity contribution in [3.8, 4) is 11.5 Å². The van der Waals surface area contributed by atoms with Crippen molar-refractivity contribution < 1.29 is 9.84 Å². The third-order valence-corrected chi connectivity index (χ3v) is 6.61. The van der Waals surface area contributed by atoms with E-state index in [1.165, 1.54) is 57.3 Å². The Hall–Kier alpha value is -1.22. The standard InChI is InChI=1S/C19H25NO2/c21-16-5-2-4-15-18(16)22-17-6-1-3-14-12-20(11-13-7-8-13)10-9-19(14,15)17/h2,4-5,13-14,17,21H,1,3,6-12H2. The maximum Gasteiger partial charge on any atom is 0.165 e. The molecule has 1 saturated heterocycles. The van der Waals surface area contributed by atoms with E-state index in [2.05, 4.69) is 11.0 Å². The average Bonchev–Trinajstić information content (AvgIpc) is 3.27. The third-order valence-electron chi connectivity index (χ3n) is 6.61. The molecule has 2 aliphatic carbocycles. The first-order valence-electron chi connectivity index (χ1n) is 8.99. The van der Waals surface area contributed by atoms with Crippen LogP contribution in [0.25, 0.3) is 0 Å². The normalized spacial score (nSPS) is 37.1. The number of nitrogens with zero attached hydrogens (tertiary/aromatic N) is 1. The Morgan fingerprint density at radius 2 is 2.14 bits per heavy atom. The van der Waals surface area contributed by atoms with Gasteiger partial charge in [0.2, 0.25) is 0 Å². The van der Waals surface area contributed by atoms with Crippen LogP contribution in [0.5, 0.6) is 11.5 Å². The van der Waals surface area contributed by atoms with Gasteiger partial charge in [-0.15, -0.1) is 0 Å². The summed E-state index contributed by atoms with van der Waals surface area (Å²) in [4.78, 5) is 2.71. The lowest BCUT2D eigenvalue weighted by atomic mass is 9.58. The molecule has 2 aliphatic heterocycles. The van der Waals surface area contributed by atoms with Gasteiger partial charge in [0, 0.05) is 24.1 Å². The van der Waals surface area contributed by atoms with E-state index in [1.54, 1.807) is 6.07 Å². The minimum atomic E-state index is 0.173.